The van der Waals surface area contributed by atoms with Gasteiger partial charge in [0.2, 0.25) is 5.91 Å². The maximum Gasteiger partial charge on any atom is 0.302 e. The predicted octanol–water partition coefficient (Wildman–Crippen LogP) is 5.20. The lowest BCUT2D eigenvalue weighted by Crippen LogP contribution is -2.55. The van der Waals surface area contributed by atoms with Crippen LogP contribution in [0.15, 0.2) is 24.3 Å². The van der Waals surface area contributed by atoms with Crippen molar-refractivity contribution in [1.29, 1.82) is 0 Å². The van der Waals surface area contributed by atoms with Crippen molar-refractivity contribution in [2.75, 3.05) is 31.7 Å². The number of unbranched alkanes of at least 4 members (excludes halogenated alkanes) is 7. The SMILES string of the molecule is CCCCCCCCCCN(C)c1ccc(CCC(COC(C)=O)(COC(C)=O)NC(C)=O)cc1. The molecule has 0 heterocycles. The van der Waals surface area contributed by atoms with E-state index < -0.39 is 17.5 Å². The zero-order valence-electron chi connectivity index (χ0n) is 22.5. The van der Waals surface area contributed by atoms with E-state index in [9.17, 15) is 14.4 Å². The Balaban J connectivity index is 2.63. The van der Waals surface area contributed by atoms with Crippen LogP contribution in [-0.4, -0.2) is 50.2 Å². The fourth-order valence-corrected chi connectivity index (χ4v) is 4.09. The van der Waals surface area contributed by atoms with Gasteiger partial charge in [-0.1, -0.05) is 64.0 Å². The van der Waals surface area contributed by atoms with E-state index in [-0.39, 0.29) is 19.1 Å². The Labute approximate surface area is 211 Å². The van der Waals surface area contributed by atoms with Crippen LogP contribution < -0.4 is 10.2 Å². The third kappa shape index (κ3) is 13.8. The number of nitrogens with one attached hydrogen (secondary N) is 1. The van der Waals surface area contributed by atoms with Crippen LogP contribution in [0.2, 0.25) is 0 Å². The Hall–Kier alpha value is -2.57. The number of rotatable bonds is 18. The van der Waals surface area contributed by atoms with Gasteiger partial charge in [-0.25, -0.2) is 0 Å². The van der Waals surface area contributed by atoms with Gasteiger partial charge in [0.1, 0.15) is 18.8 Å². The molecule has 0 fully saturated rings. The normalized spacial score (nSPS) is 11.1. The number of anilines is 1. The van der Waals surface area contributed by atoms with Gasteiger partial charge in [-0.3, -0.25) is 14.4 Å². The van der Waals surface area contributed by atoms with Gasteiger partial charge >= 0.3 is 11.9 Å². The molecule has 0 radical (unpaired) electrons. The zero-order valence-corrected chi connectivity index (χ0v) is 22.5. The number of esters is 2. The molecule has 0 bridgehead atoms. The summed E-state index contributed by atoms with van der Waals surface area (Å²) in [5.74, 6) is -1.18. The molecular weight excluding hydrogens is 444 g/mol. The Morgan fingerprint density at radius 3 is 1.83 bits per heavy atom. The van der Waals surface area contributed by atoms with Gasteiger partial charge in [-0.15, -0.1) is 0 Å². The van der Waals surface area contributed by atoms with E-state index in [4.69, 9.17) is 9.47 Å². The van der Waals surface area contributed by atoms with Gasteiger partial charge in [-0.05, 0) is 37.0 Å². The number of benzene rings is 1. The first kappa shape index (κ1) is 30.5. The summed E-state index contributed by atoms with van der Waals surface area (Å²) in [7, 11) is 2.12. The lowest BCUT2D eigenvalue weighted by atomic mass is 9.92. The van der Waals surface area contributed by atoms with Crippen LogP contribution in [0.3, 0.4) is 0 Å². The van der Waals surface area contributed by atoms with Crippen molar-refractivity contribution in [1.82, 2.24) is 5.32 Å². The van der Waals surface area contributed by atoms with E-state index in [1.807, 2.05) is 0 Å². The van der Waals surface area contributed by atoms with Crippen molar-refractivity contribution in [3.63, 3.8) is 0 Å². The zero-order chi connectivity index (χ0) is 26.1. The summed E-state index contributed by atoms with van der Waals surface area (Å²) in [5, 5.41) is 2.85. The van der Waals surface area contributed by atoms with Gasteiger partial charge in [0, 0.05) is 40.1 Å². The van der Waals surface area contributed by atoms with Crippen molar-refractivity contribution in [3.05, 3.63) is 29.8 Å². The van der Waals surface area contributed by atoms with Crippen LogP contribution in [0.1, 0.15) is 91.0 Å². The second-order valence-corrected chi connectivity index (χ2v) is 9.58. The number of carbonyl (C=O) groups is 3. The molecule has 198 valence electrons. The second-order valence-electron chi connectivity index (χ2n) is 9.58. The Kier molecular flexibility index (Phi) is 14.8. The van der Waals surface area contributed by atoms with E-state index in [1.54, 1.807) is 0 Å². The van der Waals surface area contributed by atoms with E-state index in [0.29, 0.717) is 12.8 Å². The highest BCUT2D eigenvalue weighted by atomic mass is 16.5. The number of ether oxygens (including phenoxy) is 2. The van der Waals surface area contributed by atoms with Crippen LogP contribution in [0.25, 0.3) is 0 Å². The fourth-order valence-electron chi connectivity index (χ4n) is 4.09. The molecule has 35 heavy (non-hydrogen) atoms. The van der Waals surface area contributed by atoms with Crippen molar-refractivity contribution in [2.45, 2.75) is 97.4 Å². The summed E-state index contributed by atoms with van der Waals surface area (Å²) in [6.45, 7) is 7.18. The molecule has 0 unspecified atom stereocenters. The first-order valence-electron chi connectivity index (χ1n) is 13.0. The topological polar surface area (TPSA) is 84.9 Å². The molecule has 0 spiro atoms. The summed E-state index contributed by atoms with van der Waals surface area (Å²) in [4.78, 5) is 37.0. The average molecular weight is 491 g/mol. The van der Waals surface area contributed by atoms with Gasteiger partial charge in [-0.2, -0.15) is 0 Å². The summed E-state index contributed by atoms with van der Waals surface area (Å²) in [6, 6.07) is 8.38. The monoisotopic (exact) mass is 490 g/mol. The first-order chi connectivity index (χ1) is 16.7. The highest BCUT2D eigenvalue weighted by Gasteiger charge is 2.34. The minimum atomic E-state index is -0.977. The molecule has 1 aromatic carbocycles. The van der Waals surface area contributed by atoms with E-state index in [0.717, 1.165) is 12.1 Å². The lowest BCUT2D eigenvalue weighted by Gasteiger charge is -2.33. The molecule has 0 atom stereocenters. The molecule has 0 aliphatic heterocycles. The van der Waals surface area contributed by atoms with Crippen LogP contribution in [-0.2, 0) is 30.3 Å². The number of hydrogen-bond donors (Lipinski definition) is 1. The molecule has 0 aromatic heterocycles. The minimum Gasteiger partial charge on any atom is -0.463 e. The molecule has 0 saturated carbocycles. The largest absolute Gasteiger partial charge is 0.463 e. The highest BCUT2D eigenvalue weighted by molar-refractivity contribution is 5.74. The number of aryl methyl sites for hydroxylation is 1. The second kappa shape index (κ2) is 17.0. The number of nitrogens with zero attached hydrogens (tertiary/aromatic N) is 1. The molecule has 0 aliphatic rings. The summed E-state index contributed by atoms with van der Waals surface area (Å²) < 4.78 is 10.4. The van der Waals surface area contributed by atoms with Crippen molar-refractivity contribution >= 4 is 23.5 Å². The van der Waals surface area contributed by atoms with Crippen molar-refractivity contribution in [3.8, 4) is 0 Å². The maximum absolute atomic E-state index is 11.9. The van der Waals surface area contributed by atoms with Gasteiger partial charge in [0.25, 0.3) is 0 Å². The predicted molar refractivity (Wildman–Crippen MR) is 140 cm³/mol. The quantitative estimate of drug-likeness (QED) is 0.225. The summed E-state index contributed by atoms with van der Waals surface area (Å²) >= 11 is 0. The molecule has 1 amide bonds. The fraction of sp³-hybridized carbons (Fsp3) is 0.679. The average Bonchev–Trinajstić information content (AvgIpc) is 2.81. The number of carbonyl (C=O) groups excluding carboxylic acids is 3. The standard InChI is InChI=1S/C28H46N2O5/c1-6-7-8-9-10-11-12-13-20-30(5)27-16-14-26(15-17-27)18-19-28(29-23(2)31,21-34-24(3)32)22-35-25(4)33/h14-17H,6-13,18-22H2,1-5H3,(H,29,31). The van der Waals surface area contributed by atoms with E-state index in [1.165, 1.54) is 77.8 Å². The molecule has 7 nitrogen and oxygen atoms in total. The van der Waals surface area contributed by atoms with E-state index >= 15 is 0 Å². The molecule has 1 N–H and O–H groups in total. The first-order valence-corrected chi connectivity index (χ1v) is 13.0. The van der Waals surface area contributed by atoms with Crippen LogP contribution >= 0.6 is 0 Å². The summed E-state index contributed by atoms with van der Waals surface area (Å²) in [5.41, 5.74) is 1.29. The third-order valence-corrected chi connectivity index (χ3v) is 6.16. The van der Waals surface area contributed by atoms with Gasteiger partial charge < -0.3 is 19.7 Å². The van der Waals surface area contributed by atoms with Crippen molar-refractivity contribution in [2.24, 2.45) is 0 Å². The number of hydrogen-bond acceptors (Lipinski definition) is 6. The third-order valence-electron chi connectivity index (χ3n) is 6.16. The lowest BCUT2D eigenvalue weighted by molar-refractivity contribution is -0.150. The molecule has 0 saturated heterocycles. The Morgan fingerprint density at radius 1 is 0.829 bits per heavy atom. The molecule has 1 aromatic rings. The van der Waals surface area contributed by atoms with E-state index in [2.05, 4.69) is 48.5 Å². The minimum absolute atomic E-state index is 0.0609. The van der Waals surface area contributed by atoms with Crippen LogP contribution in [0.4, 0.5) is 5.69 Å². The van der Waals surface area contributed by atoms with Crippen molar-refractivity contribution < 1.29 is 23.9 Å². The molecule has 0 aliphatic carbocycles. The Morgan fingerprint density at radius 2 is 1.34 bits per heavy atom. The number of amides is 1. The molecule has 1 rings (SSSR count). The maximum atomic E-state index is 11.9. The van der Waals surface area contributed by atoms with Gasteiger partial charge in [0.05, 0.1) is 0 Å². The van der Waals surface area contributed by atoms with Crippen LogP contribution in [0.5, 0.6) is 0 Å². The van der Waals surface area contributed by atoms with Crippen LogP contribution in [0, 0.1) is 0 Å². The molecule has 7 heteroatoms. The highest BCUT2D eigenvalue weighted by Crippen LogP contribution is 2.20. The summed E-state index contributed by atoms with van der Waals surface area (Å²) in [6.07, 6.45) is 11.6. The van der Waals surface area contributed by atoms with Gasteiger partial charge in [0.15, 0.2) is 0 Å². The Bertz CT molecular complexity index is 745. The molecular formula is C28H46N2O5. The smallest absolute Gasteiger partial charge is 0.302 e.